The van der Waals surface area contributed by atoms with Gasteiger partial charge in [-0.1, -0.05) is 276 Å². The first-order chi connectivity index (χ1) is 32.0. The number of hydrogen-bond donors (Lipinski definition) is 3. The fourth-order valence-corrected chi connectivity index (χ4v) is 9.28. The standard InChI is InChI=1S/C59H115NO5/c1-3-5-7-9-11-13-15-17-19-21-22-24-25-27-31-35-39-43-47-51-57(62)56(55-61)60-58(63)52-48-44-40-36-32-29-30-34-38-42-46-50-54-65-59(64)53-49-45-41-37-33-28-26-23-20-18-16-14-12-10-8-6-4-2/h18,20,56-57,61-62H,3-17,19,21-55H2,1-2H3,(H,60,63)/b20-18-. The van der Waals surface area contributed by atoms with Crippen LogP contribution >= 0.6 is 0 Å². The second-order valence-electron chi connectivity index (χ2n) is 20.3. The van der Waals surface area contributed by atoms with Gasteiger partial charge in [0.05, 0.1) is 25.4 Å². The van der Waals surface area contributed by atoms with Crippen LogP contribution in [0.1, 0.15) is 328 Å². The Kier molecular flexibility index (Phi) is 54.0. The van der Waals surface area contributed by atoms with Crippen molar-refractivity contribution in [3.8, 4) is 0 Å². The first-order valence-corrected chi connectivity index (χ1v) is 29.4. The van der Waals surface area contributed by atoms with Gasteiger partial charge in [0.1, 0.15) is 0 Å². The summed E-state index contributed by atoms with van der Waals surface area (Å²) in [7, 11) is 0. The van der Waals surface area contributed by atoms with E-state index in [1.807, 2.05) is 0 Å². The molecule has 3 N–H and O–H groups in total. The van der Waals surface area contributed by atoms with Crippen molar-refractivity contribution in [2.24, 2.45) is 0 Å². The lowest BCUT2D eigenvalue weighted by molar-refractivity contribution is -0.143. The first kappa shape index (κ1) is 63.6. The van der Waals surface area contributed by atoms with E-state index in [-0.39, 0.29) is 18.5 Å². The maximum atomic E-state index is 12.5. The van der Waals surface area contributed by atoms with Gasteiger partial charge in [-0.3, -0.25) is 9.59 Å². The number of nitrogens with one attached hydrogen (secondary N) is 1. The van der Waals surface area contributed by atoms with Crippen molar-refractivity contribution in [3.05, 3.63) is 12.2 Å². The van der Waals surface area contributed by atoms with Gasteiger partial charge in [0.25, 0.3) is 0 Å². The van der Waals surface area contributed by atoms with Crippen LogP contribution in [-0.4, -0.2) is 47.4 Å². The second kappa shape index (κ2) is 55.2. The first-order valence-electron chi connectivity index (χ1n) is 29.4. The number of carbonyl (C=O) groups excluding carboxylic acids is 2. The van der Waals surface area contributed by atoms with Crippen LogP contribution in [-0.2, 0) is 14.3 Å². The zero-order valence-corrected chi connectivity index (χ0v) is 44.0. The Morgan fingerprint density at radius 3 is 1.09 bits per heavy atom. The number of allylic oxidation sites excluding steroid dienone is 2. The number of esters is 1. The number of carbonyl (C=O) groups is 2. The van der Waals surface area contributed by atoms with Crippen LogP contribution in [0.5, 0.6) is 0 Å². The Morgan fingerprint density at radius 1 is 0.415 bits per heavy atom. The van der Waals surface area contributed by atoms with E-state index in [1.54, 1.807) is 0 Å². The van der Waals surface area contributed by atoms with E-state index in [1.165, 1.54) is 238 Å². The largest absolute Gasteiger partial charge is 0.466 e. The minimum Gasteiger partial charge on any atom is -0.466 e. The minimum atomic E-state index is -0.675. The molecule has 0 spiro atoms. The molecule has 386 valence electrons. The number of rotatable bonds is 55. The van der Waals surface area contributed by atoms with Gasteiger partial charge < -0.3 is 20.3 Å². The van der Waals surface area contributed by atoms with Gasteiger partial charge in [-0.05, 0) is 51.4 Å². The summed E-state index contributed by atoms with van der Waals surface area (Å²) in [4.78, 5) is 24.6. The maximum Gasteiger partial charge on any atom is 0.305 e. The Balaban J connectivity index is 3.44. The quantitative estimate of drug-likeness (QED) is 0.0321. The summed E-state index contributed by atoms with van der Waals surface area (Å²) in [5.74, 6) is -0.0589. The third-order valence-corrected chi connectivity index (χ3v) is 13.8. The van der Waals surface area contributed by atoms with Crippen LogP contribution in [0.3, 0.4) is 0 Å². The number of ether oxygens (including phenoxy) is 1. The van der Waals surface area contributed by atoms with Crippen molar-refractivity contribution in [3.63, 3.8) is 0 Å². The maximum absolute atomic E-state index is 12.5. The van der Waals surface area contributed by atoms with Crippen LogP contribution in [0.4, 0.5) is 0 Å². The molecule has 0 saturated heterocycles. The Hall–Kier alpha value is -1.40. The van der Waals surface area contributed by atoms with Crippen molar-refractivity contribution in [2.45, 2.75) is 341 Å². The molecule has 2 atom stereocenters. The predicted octanol–water partition coefficient (Wildman–Crippen LogP) is 18.1. The molecule has 65 heavy (non-hydrogen) atoms. The van der Waals surface area contributed by atoms with Crippen molar-refractivity contribution in [1.29, 1.82) is 0 Å². The molecule has 0 aromatic carbocycles. The van der Waals surface area contributed by atoms with Crippen molar-refractivity contribution in [2.75, 3.05) is 13.2 Å². The zero-order chi connectivity index (χ0) is 47.2. The van der Waals surface area contributed by atoms with E-state index in [4.69, 9.17) is 4.74 Å². The number of amides is 1. The molecule has 0 aromatic rings. The Morgan fingerprint density at radius 2 is 0.723 bits per heavy atom. The number of hydrogen-bond acceptors (Lipinski definition) is 5. The van der Waals surface area contributed by atoms with Crippen LogP contribution in [0.2, 0.25) is 0 Å². The van der Waals surface area contributed by atoms with Crippen molar-refractivity contribution < 1.29 is 24.5 Å². The molecule has 0 bridgehead atoms. The molecule has 0 aliphatic carbocycles. The SMILES string of the molecule is CCCCCCCC/C=C\CCCCCCCCCC(=O)OCCCCCCCCCCCCCCC(=O)NC(CO)C(O)CCCCCCCCCCCCCCCCCCCCC. The molecule has 6 heteroatoms. The number of aliphatic hydroxyl groups excluding tert-OH is 2. The molecular formula is C59H115NO5. The number of aliphatic hydroxyl groups is 2. The molecule has 0 rings (SSSR count). The summed E-state index contributed by atoms with van der Waals surface area (Å²) in [5.41, 5.74) is 0. The number of unbranched alkanes of at least 4 members (excludes halogenated alkanes) is 42. The highest BCUT2D eigenvalue weighted by molar-refractivity contribution is 5.76. The molecule has 6 nitrogen and oxygen atoms in total. The normalized spacial score (nSPS) is 12.6. The average molecular weight is 919 g/mol. The van der Waals surface area contributed by atoms with Crippen molar-refractivity contribution >= 4 is 11.9 Å². The van der Waals surface area contributed by atoms with Gasteiger partial charge in [0.2, 0.25) is 5.91 Å². The monoisotopic (exact) mass is 918 g/mol. The molecule has 0 saturated carbocycles. The van der Waals surface area contributed by atoms with E-state index in [0.29, 0.717) is 25.9 Å². The third-order valence-electron chi connectivity index (χ3n) is 13.8. The van der Waals surface area contributed by atoms with Gasteiger partial charge in [-0.2, -0.15) is 0 Å². The molecular weight excluding hydrogens is 803 g/mol. The van der Waals surface area contributed by atoms with Crippen LogP contribution in [0.15, 0.2) is 12.2 Å². The summed E-state index contributed by atoms with van der Waals surface area (Å²) >= 11 is 0. The Labute approximate surface area is 406 Å². The van der Waals surface area contributed by atoms with Gasteiger partial charge in [-0.25, -0.2) is 0 Å². The van der Waals surface area contributed by atoms with Crippen LogP contribution in [0.25, 0.3) is 0 Å². The lowest BCUT2D eigenvalue weighted by Crippen LogP contribution is -2.45. The molecule has 0 aliphatic rings. The fraction of sp³-hybridized carbons (Fsp3) is 0.932. The third kappa shape index (κ3) is 51.8. The predicted molar refractivity (Wildman–Crippen MR) is 283 cm³/mol. The van der Waals surface area contributed by atoms with Gasteiger partial charge >= 0.3 is 5.97 Å². The summed E-state index contributed by atoms with van der Waals surface area (Å²) in [6.07, 6.45) is 64.8. The minimum absolute atomic E-state index is 0.0115. The Bertz CT molecular complexity index is 970. The van der Waals surface area contributed by atoms with E-state index in [2.05, 4.69) is 31.3 Å². The van der Waals surface area contributed by atoms with Crippen molar-refractivity contribution in [1.82, 2.24) is 5.32 Å². The topological polar surface area (TPSA) is 95.9 Å². The molecule has 0 fully saturated rings. The smallest absolute Gasteiger partial charge is 0.305 e. The van der Waals surface area contributed by atoms with Crippen LogP contribution in [0, 0.1) is 0 Å². The highest BCUT2D eigenvalue weighted by Gasteiger charge is 2.20. The fourth-order valence-electron chi connectivity index (χ4n) is 9.28. The van der Waals surface area contributed by atoms with Gasteiger partial charge in [-0.15, -0.1) is 0 Å². The van der Waals surface area contributed by atoms with Gasteiger partial charge in [0, 0.05) is 12.8 Å². The molecule has 0 heterocycles. The molecule has 2 unspecified atom stereocenters. The lowest BCUT2D eigenvalue weighted by Gasteiger charge is -2.22. The molecule has 0 aromatic heterocycles. The van der Waals surface area contributed by atoms with Gasteiger partial charge in [0.15, 0.2) is 0 Å². The zero-order valence-electron chi connectivity index (χ0n) is 44.0. The highest BCUT2D eigenvalue weighted by Crippen LogP contribution is 2.18. The average Bonchev–Trinajstić information content (AvgIpc) is 3.31. The van der Waals surface area contributed by atoms with E-state index >= 15 is 0 Å². The van der Waals surface area contributed by atoms with Crippen LogP contribution < -0.4 is 5.32 Å². The summed E-state index contributed by atoms with van der Waals surface area (Å²) in [5, 5.41) is 23.3. The highest BCUT2D eigenvalue weighted by atomic mass is 16.5. The van der Waals surface area contributed by atoms with E-state index in [0.717, 1.165) is 57.8 Å². The van der Waals surface area contributed by atoms with E-state index in [9.17, 15) is 19.8 Å². The summed E-state index contributed by atoms with van der Waals surface area (Å²) in [6, 6.07) is -0.553. The molecule has 0 aliphatic heterocycles. The summed E-state index contributed by atoms with van der Waals surface area (Å²) in [6.45, 7) is 4.94. The summed E-state index contributed by atoms with van der Waals surface area (Å²) < 4.78 is 5.48. The second-order valence-corrected chi connectivity index (χ2v) is 20.3. The molecule has 1 amide bonds. The lowest BCUT2D eigenvalue weighted by atomic mass is 10.0. The molecule has 0 radical (unpaired) electrons. The van der Waals surface area contributed by atoms with E-state index < -0.39 is 12.1 Å².